The fourth-order valence-corrected chi connectivity index (χ4v) is 2.04. The molecule has 0 atom stereocenters. The zero-order valence-electron chi connectivity index (χ0n) is 10.2. The topological polar surface area (TPSA) is 74.8 Å². The molecule has 0 unspecified atom stereocenters. The van der Waals surface area contributed by atoms with Crippen molar-refractivity contribution in [1.82, 2.24) is 9.97 Å². The molecule has 0 radical (unpaired) electrons. The van der Waals surface area contributed by atoms with Gasteiger partial charge < -0.3 is 10.3 Å². The van der Waals surface area contributed by atoms with Gasteiger partial charge in [-0.2, -0.15) is 0 Å². The highest BCUT2D eigenvalue weighted by molar-refractivity contribution is 6.35. The summed E-state index contributed by atoms with van der Waals surface area (Å²) in [5.74, 6) is 0.387. The number of Topliss-reactive ketones (excluding diaryl/α,β-unsaturated/α-hetero) is 1. The number of carbonyl (C=O) groups excluding carboxylic acids is 2. The fraction of sp³-hybridized carbons (Fsp3) is 0.0714. The van der Waals surface area contributed by atoms with Crippen molar-refractivity contribution in [3.63, 3.8) is 0 Å². The van der Waals surface area contributed by atoms with Crippen molar-refractivity contribution in [2.45, 2.75) is 6.92 Å². The number of benzene rings is 1. The molecule has 5 heteroatoms. The highest BCUT2D eigenvalue weighted by Gasteiger charge is 2.25. The van der Waals surface area contributed by atoms with Crippen LogP contribution in [0.4, 0.5) is 5.69 Å². The van der Waals surface area contributed by atoms with Crippen molar-refractivity contribution < 1.29 is 9.59 Å². The Labute approximate surface area is 109 Å². The van der Waals surface area contributed by atoms with E-state index in [0.717, 1.165) is 5.56 Å². The Morgan fingerprint density at radius 1 is 1.37 bits per heavy atom. The van der Waals surface area contributed by atoms with Crippen LogP contribution in [0.25, 0.3) is 11.6 Å². The standard InChI is InChI=1S/C14H11N3O2/c1-8(18)9-2-3-12-10(6-9)11(14(19)17-12)7-13-15-4-5-16-13/h2-7H,1H3,(H,15,16)(H,17,19). The minimum atomic E-state index is -0.188. The molecule has 1 amide bonds. The van der Waals surface area contributed by atoms with E-state index in [1.807, 2.05) is 0 Å². The zero-order chi connectivity index (χ0) is 13.4. The van der Waals surface area contributed by atoms with E-state index in [1.165, 1.54) is 6.92 Å². The average Bonchev–Trinajstić information content (AvgIpc) is 2.98. The second-order valence-corrected chi connectivity index (χ2v) is 4.30. The first kappa shape index (κ1) is 11.4. The van der Waals surface area contributed by atoms with Crippen LogP contribution in [0.15, 0.2) is 30.6 Å². The van der Waals surface area contributed by atoms with Gasteiger partial charge in [-0.15, -0.1) is 0 Å². The summed E-state index contributed by atoms with van der Waals surface area (Å²) in [6.45, 7) is 1.50. The number of aromatic amines is 1. The molecule has 3 rings (SSSR count). The lowest BCUT2D eigenvalue weighted by Crippen LogP contribution is -2.03. The monoisotopic (exact) mass is 253 g/mol. The Hall–Kier alpha value is -2.69. The number of nitrogens with one attached hydrogen (secondary N) is 2. The Morgan fingerprint density at radius 3 is 2.89 bits per heavy atom. The lowest BCUT2D eigenvalue weighted by molar-refractivity contribution is -0.110. The molecule has 2 N–H and O–H groups in total. The van der Waals surface area contributed by atoms with Crippen molar-refractivity contribution in [3.05, 3.63) is 47.5 Å². The molecule has 1 aromatic carbocycles. The van der Waals surface area contributed by atoms with Gasteiger partial charge in [0.2, 0.25) is 0 Å². The number of anilines is 1. The van der Waals surface area contributed by atoms with Crippen LogP contribution >= 0.6 is 0 Å². The number of nitrogens with zero attached hydrogens (tertiary/aromatic N) is 1. The molecule has 0 aliphatic carbocycles. The number of amides is 1. The smallest absolute Gasteiger partial charge is 0.256 e. The van der Waals surface area contributed by atoms with Crippen LogP contribution in [0.1, 0.15) is 28.7 Å². The molecule has 2 heterocycles. The third kappa shape index (κ3) is 1.95. The van der Waals surface area contributed by atoms with Gasteiger partial charge in [0, 0.05) is 29.2 Å². The normalized spacial score (nSPS) is 15.4. The zero-order valence-corrected chi connectivity index (χ0v) is 10.2. The first-order chi connectivity index (χ1) is 9.15. The molecule has 1 aliphatic heterocycles. The van der Waals surface area contributed by atoms with Gasteiger partial charge in [-0.05, 0) is 31.2 Å². The molecular weight excluding hydrogens is 242 g/mol. The number of hydrogen-bond acceptors (Lipinski definition) is 3. The molecule has 1 aliphatic rings. The van der Waals surface area contributed by atoms with Crippen molar-refractivity contribution in [2.24, 2.45) is 0 Å². The van der Waals surface area contributed by atoms with Gasteiger partial charge in [0.1, 0.15) is 5.82 Å². The van der Waals surface area contributed by atoms with Crippen LogP contribution in [-0.4, -0.2) is 21.7 Å². The highest BCUT2D eigenvalue weighted by Crippen LogP contribution is 2.33. The summed E-state index contributed by atoms with van der Waals surface area (Å²) in [6, 6.07) is 5.18. The predicted octanol–water partition coefficient (Wildman–Crippen LogP) is 2.10. The van der Waals surface area contributed by atoms with Crippen LogP contribution < -0.4 is 5.32 Å². The molecule has 0 saturated heterocycles. The number of H-pyrrole nitrogens is 1. The number of imidazole rings is 1. The maximum absolute atomic E-state index is 11.9. The number of aromatic nitrogens is 2. The van der Waals surface area contributed by atoms with E-state index in [-0.39, 0.29) is 11.7 Å². The van der Waals surface area contributed by atoms with Crippen molar-refractivity contribution >= 4 is 29.0 Å². The van der Waals surface area contributed by atoms with Crippen LogP contribution in [0.5, 0.6) is 0 Å². The molecule has 5 nitrogen and oxygen atoms in total. The summed E-state index contributed by atoms with van der Waals surface area (Å²) in [6.07, 6.45) is 4.98. The van der Waals surface area contributed by atoms with Crippen molar-refractivity contribution in [1.29, 1.82) is 0 Å². The lowest BCUT2D eigenvalue weighted by Gasteiger charge is -2.01. The van der Waals surface area contributed by atoms with E-state index in [9.17, 15) is 9.59 Å². The SMILES string of the molecule is CC(=O)c1ccc2c(c1)C(=Cc1ncc[nH]1)C(=O)N2. The van der Waals surface area contributed by atoms with Gasteiger partial charge >= 0.3 is 0 Å². The van der Waals surface area contributed by atoms with Crippen LogP contribution in [0.3, 0.4) is 0 Å². The first-order valence-corrected chi connectivity index (χ1v) is 5.83. The van der Waals surface area contributed by atoms with Crippen LogP contribution in [-0.2, 0) is 4.79 Å². The first-order valence-electron chi connectivity index (χ1n) is 5.83. The van der Waals surface area contributed by atoms with E-state index >= 15 is 0 Å². The number of rotatable bonds is 2. The molecule has 0 saturated carbocycles. The quantitative estimate of drug-likeness (QED) is 0.635. The summed E-state index contributed by atoms with van der Waals surface area (Å²) < 4.78 is 0. The van der Waals surface area contributed by atoms with Crippen molar-refractivity contribution in [2.75, 3.05) is 5.32 Å². The van der Waals surface area contributed by atoms with E-state index < -0.39 is 0 Å². The molecular formula is C14H11N3O2. The van der Waals surface area contributed by atoms with Crippen LogP contribution in [0, 0.1) is 0 Å². The van der Waals surface area contributed by atoms with E-state index in [0.29, 0.717) is 22.6 Å². The minimum absolute atomic E-state index is 0.0282. The van der Waals surface area contributed by atoms with Gasteiger partial charge in [0.05, 0.1) is 5.57 Å². The fourth-order valence-electron chi connectivity index (χ4n) is 2.04. The largest absolute Gasteiger partial charge is 0.345 e. The average molecular weight is 253 g/mol. The lowest BCUT2D eigenvalue weighted by atomic mass is 10.0. The summed E-state index contributed by atoms with van der Waals surface area (Å²) in [5.41, 5.74) is 2.54. The second-order valence-electron chi connectivity index (χ2n) is 4.30. The van der Waals surface area contributed by atoms with Gasteiger partial charge in [-0.25, -0.2) is 4.98 Å². The van der Waals surface area contributed by atoms with Gasteiger partial charge in [0.15, 0.2) is 5.78 Å². The van der Waals surface area contributed by atoms with Crippen LogP contribution in [0.2, 0.25) is 0 Å². The maximum Gasteiger partial charge on any atom is 0.256 e. The Kier molecular flexibility index (Phi) is 2.52. The van der Waals surface area contributed by atoms with Gasteiger partial charge in [-0.1, -0.05) is 0 Å². The third-order valence-electron chi connectivity index (χ3n) is 3.01. The van der Waals surface area contributed by atoms with Gasteiger partial charge in [0.25, 0.3) is 5.91 Å². The second kappa shape index (κ2) is 4.20. The Bertz CT molecular complexity index is 699. The van der Waals surface area contributed by atoms with Crippen molar-refractivity contribution in [3.8, 4) is 0 Å². The number of hydrogen-bond donors (Lipinski definition) is 2. The molecule has 0 spiro atoms. The molecule has 1 aromatic heterocycles. The number of ketones is 1. The molecule has 2 aromatic rings. The molecule has 0 fully saturated rings. The number of carbonyl (C=O) groups is 2. The molecule has 19 heavy (non-hydrogen) atoms. The van der Waals surface area contributed by atoms with Gasteiger partial charge in [-0.3, -0.25) is 9.59 Å². The Balaban J connectivity index is 2.12. The molecule has 0 bridgehead atoms. The van der Waals surface area contributed by atoms with E-state index in [2.05, 4.69) is 15.3 Å². The summed E-state index contributed by atoms with van der Waals surface area (Å²) in [7, 11) is 0. The number of fused-ring (bicyclic) bond motifs is 1. The summed E-state index contributed by atoms with van der Waals surface area (Å²) in [5, 5.41) is 2.77. The Morgan fingerprint density at radius 2 is 2.21 bits per heavy atom. The minimum Gasteiger partial charge on any atom is -0.345 e. The highest BCUT2D eigenvalue weighted by atomic mass is 16.2. The summed E-state index contributed by atoms with van der Waals surface area (Å²) in [4.78, 5) is 30.3. The molecule has 94 valence electrons. The van der Waals surface area contributed by atoms with E-state index in [4.69, 9.17) is 0 Å². The maximum atomic E-state index is 11.9. The summed E-state index contributed by atoms with van der Waals surface area (Å²) >= 11 is 0. The third-order valence-corrected chi connectivity index (χ3v) is 3.01. The predicted molar refractivity (Wildman–Crippen MR) is 71.5 cm³/mol. The van der Waals surface area contributed by atoms with E-state index in [1.54, 1.807) is 36.7 Å².